The zero-order chi connectivity index (χ0) is 12.4. The van der Waals surface area contributed by atoms with Gasteiger partial charge in [0.2, 0.25) is 5.89 Å². The first-order valence-corrected chi connectivity index (χ1v) is 5.83. The summed E-state index contributed by atoms with van der Waals surface area (Å²) in [6, 6.07) is 14.1. The van der Waals surface area contributed by atoms with Crippen molar-refractivity contribution in [1.82, 2.24) is 15.1 Å². The van der Waals surface area contributed by atoms with Gasteiger partial charge in [0.1, 0.15) is 5.92 Å². The number of H-pyrrole nitrogens is 1. The topological polar surface area (TPSA) is 54.7 Å². The molecule has 0 aliphatic heterocycles. The van der Waals surface area contributed by atoms with Crippen LogP contribution in [0.1, 0.15) is 28.9 Å². The molecule has 0 saturated carbocycles. The van der Waals surface area contributed by atoms with E-state index >= 15 is 0 Å². The van der Waals surface area contributed by atoms with Crippen molar-refractivity contribution in [2.24, 2.45) is 0 Å². The SMILES string of the molecule is Cc1noc(C(c2ccccc2)c2ccc[nH]2)n1. The zero-order valence-corrected chi connectivity index (χ0v) is 10.00. The van der Waals surface area contributed by atoms with E-state index in [0.717, 1.165) is 11.3 Å². The molecule has 4 heteroatoms. The third kappa shape index (κ3) is 1.93. The molecule has 0 aliphatic carbocycles. The van der Waals surface area contributed by atoms with Gasteiger partial charge in [-0.3, -0.25) is 0 Å². The zero-order valence-electron chi connectivity index (χ0n) is 10.00. The van der Waals surface area contributed by atoms with Gasteiger partial charge in [-0.15, -0.1) is 0 Å². The summed E-state index contributed by atoms with van der Waals surface area (Å²) in [4.78, 5) is 7.56. The molecule has 1 N–H and O–H groups in total. The smallest absolute Gasteiger partial charge is 0.240 e. The molecule has 3 rings (SSSR count). The third-order valence-corrected chi connectivity index (χ3v) is 2.86. The molecule has 1 aromatic carbocycles. The van der Waals surface area contributed by atoms with Crippen molar-refractivity contribution >= 4 is 0 Å². The van der Waals surface area contributed by atoms with Gasteiger partial charge < -0.3 is 9.51 Å². The van der Waals surface area contributed by atoms with Crippen molar-refractivity contribution in [2.75, 3.05) is 0 Å². The van der Waals surface area contributed by atoms with Crippen LogP contribution in [0, 0.1) is 6.92 Å². The van der Waals surface area contributed by atoms with Crippen LogP contribution in [0.15, 0.2) is 53.2 Å². The minimum atomic E-state index is -0.0394. The fraction of sp³-hybridized carbons (Fsp3) is 0.143. The van der Waals surface area contributed by atoms with Gasteiger partial charge in [0.15, 0.2) is 5.82 Å². The Morgan fingerprint density at radius 3 is 2.56 bits per heavy atom. The highest BCUT2D eigenvalue weighted by Crippen LogP contribution is 2.29. The van der Waals surface area contributed by atoms with Crippen LogP contribution in [0.5, 0.6) is 0 Å². The van der Waals surface area contributed by atoms with E-state index in [1.165, 1.54) is 0 Å². The molecule has 1 unspecified atom stereocenters. The monoisotopic (exact) mass is 239 g/mol. The van der Waals surface area contributed by atoms with E-state index in [9.17, 15) is 0 Å². The maximum absolute atomic E-state index is 5.32. The van der Waals surface area contributed by atoms with E-state index in [-0.39, 0.29) is 5.92 Å². The van der Waals surface area contributed by atoms with E-state index in [0.29, 0.717) is 11.7 Å². The first kappa shape index (κ1) is 10.8. The number of benzene rings is 1. The number of hydrogen-bond acceptors (Lipinski definition) is 3. The molecule has 0 bridgehead atoms. The lowest BCUT2D eigenvalue weighted by atomic mass is 9.96. The van der Waals surface area contributed by atoms with E-state index < -0.39 is 0 Å². The Morgan fingerprint density at radius 2 is 1.94 bits per heavy atom. The lowest BCUT2D eigenvalue weighted by Gasteiger charge is -2.11. The highest BCUT2D eigenvalue weighted by Gasteiger charge is 2.23. The second kappa shape index (κ2) is 4.49. The van der Waals surface area contributed by atoms with Gasteiger partial charge in [-0.05, 0) is 24.6 Å². The molecular weight excluding hydrogens is 226 g/mol. The summed E-state index contributed by atoms with van der Waals surface area (Å²) < 4.78 is 5.32. The lowest BCUT2D eigenvalue weighted by Crippen LogP contribution is -2.04. The Bertz CT molecular complexity index is 614. The molecule has 2 heterocycles. The Labute approximate surface area is 105 Å². The molecule has 90 valence electrons. The Balaban J connectivity index is 2.10. The number of nitrogens with zero attached hydrogens (tertiary/aromatic N) is 2. The summed E-state index contributed by atoms with van der Waals surface area (Å²) in [5.41, 5.74) is 2.17. The molecule has 0 radical (unpaired) electrons. The standard InChI is InChI=1S/C14H13N3O/c1-10-16-14(18-17-10)13(12-8-5-9-15-12)11-6-3-2-4-7-11/h2-9,13,15H,1H3. The number of aromatic nitrogens is 3. The van der Waals surface area contributed by atoms with Gasteiger partial charge >= 0.3 is 0 Å². The third-order valence-electron chi connectivity index (χ3n) is 2.86. The van der Waals surface area contributed by atoms with Gasteiger partial charge in [-0.1, -0.05) is 35.5 Å². The number of rotatable bonds is 3. The quantitative estimate of drug-likeness (QED) is 0.764. The summed E-state index contributed by atoms with van der Waals surface area (Å²) in [6.45, 7) is 1.82. The van der Waals surface area contributed by atoms with Crippen molar-refractivity contribution in [1.29, 1.82) is 0 Å². The maximum atomic E-state index is 5.32. The van der Waals surface area contributed by atoms with E-state index in [1.54, 1.807) is 0 Å². The van der Waals surface area contributed by atoms with Gasteiger partial charge in [0.25, 0.3) is 0 Å². The summed E-state index contributed by atoms with van der Waals surface area (Å²) in [6.07, 6.45) is 1.90. The predicted octanol–water partition coefficient (Wildman–Crippen LogP) is 2.89. The van der Waals surface area contributed by atoms with Crippen LogP contribution >= 0.6 is 0 Å². The molecule has 1 atom stereocenters. The first-order chi connectivity index (χ1) is 8.84. The summed E-state index contributed by atoms with van der Waals surface area (Å²) >= 11 is 0. The van der Waals surface area contributed by atoms with Crippen LogP contribution in [-0.2, 0) is 0 Å². The minimum Gasteiger partial charge on any atom is -0.364 e. The van der Waals surface area contributed by atoms with Gasteiger partial charge in [0, 0.05) is 11.9 Å². The van der Waals surface area contributed by atoms with Gasteiger partial charge in [-0.25, -0.2) is 0 Å². The van der Waals surface area contributed by atoms with Crippen molar-refractivity contribution in [3.63, 3.8) is 0 Å². The Kier molecular flexibility index (Phi) is 2.68. The molecule has 0 fully saturated rings. The van der Waals surface area contributed by atoms with E-state index in [1.807, 2.05) is 43.5 Å². The average Bonchev–Trinajstić information content (AvgIpc) is 3.04. The number of nitrogens with one attached hydrogen (secondary N) is 1. The van der Waals surface area contributed by atoms with E-state index in [4.69, 9.17) is 4.52 Å². The molecule has 4 nitrogen and oxygen atoms in total. The van der Waals surface area contributed by atoms with Crippen LogP contribution < -0.4 is 0 Å². The second-order valence-electron chi connectivity index (χ2n) is 4.15. The molecule has 18 heavy (non-hydrogen) atoms. The molecule has 2 aromatic heterocycles. The number of aromatic amines is 1. The van der Waals surface area contributed by atoms with Crippen molar-refractivity contribution in [3.8, 4) is 0 Å². The largest absolute Gasteiger partial charge is 0.364 e. The van der Waals surface area contributed by atoms with Crippen molar-refractivity contribution in [2.45, 2.75) is 12.8 Å². The van der Waals surface area contributed by atoms with Crippen LogP contribution in [0.3, 0.4) is 0 Å². The minimum absolute atomic E-state index is 0.0394. The van der Waals surface area contributed by atoms with Crippen molar-refractivity contribution < 1.29 is 4.52 Å². The van der Waals surface area contributed by atoms with Crippen LogP contribution in [0.4, 0.5) is 0 Å². The molecule has 0 amide bonds. The van der Waals surface area contributed by atoms with Crippen molar-refractivity contribution in [3.05, 3.63) is 71.6 Å². The molecule has 0 aliphatic rings. The van der Waals surface area contributed by atoms with Crippen LogP contribution in [0.25, 0.3) is 0 Å². The molecule has 0 saturated heterocycles. The molecule has 3 aromatic rings. The number of aryl methyl sites for hydroxylation is 1. The van der Waals surface area contributed by atoms with Crippen LogP contribution in [-0.4, -0.2) is 15.1 Å². The maximum Gasteiger partial charge on any atom is 0.240 e. The first-order valence-electron chi connectivity index (χ1n) is 5.83. The fourth-order valence-corrected chi connectivity index (χ4v) is 2.05. The highest BCUT2D eigenvalue weighted by molar-refractivity contribution is 5.34. The lowest BCUT2D eigenvalue weighted by molar-refractivity contribution is 0.370. The average molecular weight is 239 g/mol. The second-order valence-corrected chi connectivity index (χ2v) is 4.15. The molecular formula is C14H13N3O. The number of hydrogen-bond donors (Lipinski definition) is 1. The Hall–Kier alpha value is -2.36. The normalized spacial score (nSPS) is 12.5. The fourth-order valence-electron chi connectivity index (χ4n) is 2.05. The summed E-state index contributed by atoms with van der Waals surface area (Å²) in [7, 11) is 0. The molecule has 0 spiro atoms. The summed E-state index contributed by atoms with van der Waals surface area (Å²) in [5, 5.41) is 3.87. The van der Waals surface area contributed by atoms with E-state index in [2.05, 4.69) is 27.3 Å². The predicted molar refractivity (Wildman–Crippen MR) is 67.2 cm³/mol. The summed E-state index contributed by atoms with van der Waals surface area (Å²) in [5.74, 6) is 1.22. The Morgan fingerprint density at radius 1 is 1.11 bits per heavy atom. The highest BCUT2D eigenvalue weighted by atomic mass is 16.5. The van der Waals surface area contributed by atoms with Gasteiger partial charge in [-0.2, -0.15) is 4.98 Å². The van der Waals surface area contributed by atoms with Crippen LogP contribution in [0.2, 0.25) is 0 Å². The van der Waals surface area contributed by atoms with Gasteiger partial charge in [0.05, 0.1) is 0 Å².